The molecule has 1 aliphatic carbocycles. The number of hydrogen-bond acceptors (Lipinski definition) is 14. The van der Waals surface area contributed by atoms with E-state index in [1.165, 1.54) is 12.0 Å². The lowest BCUT2D eigenvalue weighted by atomic mass is 10.0. The summed E-state index contributed by atoms with van der Waals surface area (Å²) in [5.41, 5.74) is 3.21. The van der Waals surface area contributed by atoms with Crippen LogP contribution in [0.2, 0.25) is 0 Å². The molecule has 7 rings (SSSR count). The second-order valence-electron chi connectivity index (χ2n) is 15.5. The van der Waals surface area contributed by atoms with Crippen molar-refractivity contribution in [3.8, 4) is 5.75 Å². The summed E-state index contributed by atoms with van der Waals surface area (Å²) in [5, 5.41) is 14.2. The molecule has 1 unspecified atom stereocenters. The highest BCUT2D eigenvalue weighted by atomic mass is 16.5. The first-order chi connectivity index (χ1) is 30.1. The van der Waals surface area contributed by atoms with Crippen molar-refractivity contribution in [2.45, 2.75) is 76.5 Å². The number of nitrogens with zero attached hydrogens (tertiary/aromatic N) is 5. The van der Waals surface area contributed by atoms with E-state index in [4.69, 9.17) is 19.2 Å². The van der Waals surface area contributed by atoms with Crippen molar-refractivity contribution in [3.05, 3.63) is 59.3 Å². The van der Waals surface area contributed by atoms with E-state index in [2.05, 4.69) is 36.5 Å². The van der Waals surface area contributed by atoms with Crippen molar-refractivity contribution in [1.82, 2.24) is 30.8 Å². The number of methoxy groups -OCH3 is 1. The van der Waals surface area contributed by atoms with E-state index in [9.17, 15) is 28.8 Å². The summed E-state index contributed by atoms with van der Waals surface area (Å²) >= 11 is 0. The first-order valence-corrected chi connectivity index (χ1v) is 21.2. The molecule has 19 nitrogen and oxygen atoms in total. The van der Waals surface area contributed by atoms with Gasteiger partial charge in [0.15, 0.2) is 5.82 Å². The smallest absolute Gasteiger partial charge is 0.255 e. The minimum absolute atomic E-state index is 0.0168. The van der Waals surface area contributed by atoms with E-state index in [1.807, 2.05) is 6.92 Å². The van der Waals surface area contributed by atoms with Gasteiger partial charge in [-0.25, -0.2) is 4.98 Å². The van der Waals surface area contributed by atoms with Gasteiger partial charge in [-0.3, -0.25) is 34.1 Å². The third kappa shape index (κ3) is 9.79. The summed E-state index contributed by atoms with van der Waals surface area (Å²) in [6, 6.07) is 9.34. The van der Waals surface area contributed by atoms with Gasteiger partial charge in [0, 0.05) is 61.5 Å². The van der Waals surface area contributed by atoms with E-state index in [1.54, 1.807) is 54.5 Å². The molecule has 2 fully saturated rings. The van der Waals surface area contributed by atoms with Crippen LogP contribution in [-0.2, 0) is 35.2 Å². The number of benzene rings is 2. The Labute approximate surface area is 359 Å². The van der Waals surface area contributed by atoms with Gasteiger partial charge in [0.1, 0.15) is 23.5 Å². The van der Waals surface area contributed by atoms with Crippen LogP contribution in [0.5, 0.6) is 5.75 Å². The summed E-state index contributed by atoms with van der Waals surface area (Å²) in [6.07, 6.45) is 7.07. The Morgan fingerprint density at radius 1 is 0.952 bits per heavy atom. The van der Waals surface area contributed by atoms with Gasteiger partial charge in [-0.05, 0) is 56.0 Å². The van der Waals surface area contributed by atoms with E-state index in [0.29, 0.717) is 78.2 Å². The summed E-state index contributed by atoms with van der Waals surface area (Å²) in [6.45, 7) is 4.14. The molecule has 3 aliphatic heterocycles. The third-order valence-electron chi connectivity index (χ3n) is 11.6. The van der Waals surface area contributed by atoms with E-state index in [-0.39, 0.29) is 80.7 Å². The summed E-state index contributed by atoms with van der Waals surface area (Å²) in [7, 11) is 3.29. The zero-order valence-electron chi connectivity index (χ0n) is 35.3. The molecule has 19 heteroatoms. The SMILES string of the molecule is CC[C@@H]1C(=O)N(C)c2cnc(Nc3ccc(C(=O)NCCOCCOCCNCC(=O)Nc4cccc5c4CN(C4CCC(=O)NC4=O)C5=O)cc3OC)nc2N1C1CCCC1. The number of anilines is 5. The van der Waals surface area contributed by atoms with Crippen molar-refractivity contribution in [2.24, 2.45) is 0 Å². The largest absolute Gasteiger partial charge is 0.495 e. The van der Waals surface area contributed by atoms with Crippen molar-refractivity contribution < 1.29 is 43.0 Å². The second-order valence-corrected chi connectivity index (χ2v) is 15.5. The first-order valence-electron chi connectivity index (χ1n) is 21.2. The molecule has 2 aromatic carbocycles. The number of hydrogen-bond donors (Lipinski definition) is 5. The molecule has 0 radical (unpaired) electrons. The van der Waals surface area contributed by atoms with Crippen molar-refractivity contribution in [1.29, 1.82) is 0 Å². The van der Waals surface area contributed by atoms with E-state index < -0.39 is 11.9 Å². The first kappa shape index (κ1) is 43.9. The summed E-state index contributed by atoms with van der Waals surface area (Å²) < 4.78 is 16.8. The minimum Gasteiger partial charge on any atom is -0.495 e. The number of likely N-dealkylation sites (N-methyl/N-ethyl adjacent to an activating group) is 1. The van der Waals surface area contributed by atoms with Crippen molar-refractivity contribution in [3.63, 3.8) is 0 Å². The molecule has 0 bridgehead atoms. The Bertz CT molecular complexity index is 2180. The van der Waals surface area contributed by atoms with Gasteiger partial charge >= 0.3 is 0 Å². The molecule has 3 aromatic rings. The standard InChI is InChI=1S/C43H54N10O9/c1-4-32-42(59)51(2)34-23-46-43(50-38(34)53(32)27-8-5-6-9-27)48-31-13-12-26(22-35(31)60-3)39(56)45-17-19-62-21-20-61-18-16-44-24-37(55)47-30-11-7-10-28-29(30)25-52(41(28)58)33-14-15-36(54)49-40(33)57/h7,10-13,22-23,27,32-33,44H,4-6,8-9,14-21,24-25H2,1-3H3,(H,45,56)(H,47,55)(H,46,48,50)(H,49,54,57)/t32-,33?/m1/s1. The molecule has 0 spiro atoms. The van der Waals surface area contributed by atoms with Crippen LogP contribution in [-0.4, -0.2) is 129 Å². The average molecular weight is 855 g/mol. The Kier molecular flexibility index (Phi) is 14.3. The number of rotatable bonds is 19. The lowest BCUT2D eigenvalue weighted by Gasteiger charge is -2.43. The molecule has 62 heavy (non-hydrogen) atoms. The topological polar surface area (TPSA) is 226 Å². The fourth-order valence-electron chi connectivity index (χ4n) is 8.40. The van der Waals surface area contributed by atoms with Crippen LogP contribution in [0.3, 0.4) is 0 Å². The monoisotopic (exact) mass is 854 g/mol. The predicted molar refractivity (Wildman–Crippen MR) is 228 cm³/mol. The number of aromatic nitrogens is 2. The van der Waals surface area contributed by atoms with E-state index >= 15 is 0 Å². The van der Waals surface area contributed by atoms with Gasteiger partial charge in [-0.15, -0.1) is 0 Å². The molecule has 6 amide bonds. The van der Waals surface area contributed by atoms with Crippen LogP contribution in [0, 0.1) is 0 Å². The molecule has 1 saturated heterocycles. The number of ether oxygens (including phenoxy) is 3. The van der Waals surface area contributed by atoms with Gasteiger partial charge in [-0.1, -0.05) is 25.8 Å². The lowest BCUT2D eigenvalue weighted by molar-refractivity contribution is -0.137. The number of nitrogens with one attached hydrogen (secondary N) is 5. The van der Waals surface area contributed by atoms with E-state index in [0.717, 1.165) is 31.5 Å². The van der Waals surface area contributed by atoms with Crippen molar-refractivity contribution in [2.75, 3.05) is 80.7 Å². The van der Waals surface area contributed by atoms with Gasteiger partial charge in [0.2, 0.25) is 29.6 Å². The molecule has 4 heterocycles. The Morgan fingerprint density at radius 2 is 1.73 bits per heavy atom. The van der Waals surface area contributed by atoms with Gasteiger partial charge in [0.05, 0.1) is 52.0 Å². The molecule has 5 N–H and O–H groups in total. The third-order valence-corrected chi connectivity index (χ3v) is 11.6. The Hall–Kier alpha value is -6.18. The molecular weight excluding hydrogens is 801 g/mol. The maximum absolute atomic E-state index is 13.2. The fourth-order valence-corrected chi connectivity index (χ4v) is 8.40. The maximum atomic E-state index is 13.2. The number of piperidine rings is 1. The summed E-state index contributed by atoms with van der Waals surface area (Å²) in [5.74, 6) is -0.167. The molecule has 1 aromatic heterocycles. The predicted octanol–water partition coefficient (Wildman–Crippen LogP) is 2.49. The molecule has 1 saturated carbocycles. The van der Waals surface area contributed by atoms with Gasteiger partial charge in [0.25, 0.3) is 11.8 Å². The number of imide groups is 1. The van der Waals surface area contributed by atoms with Crippen LogP contribution in [0.15, 0.2) is 42.6 Å². The Balaban J connectivity index is 0.783. The maximum Gasteiger partial charge on any atom is 0.255 e. The van der Waals surface area contributed by atoms with Crippen LogP contribution in [0.4, 0.5) is 28.8 Å². The van der Waals surface area contributed by atoms with Crippen LogP contribution in [0.25, 0.3) is 0 Å². The molecule has 4 aliphatic rings. The minimum atomic E-state index is -0.738. The number of carbonyl (C=O) groups excluding carboxylic acids is 6. The number of amides is 6. The fraction of sp³-hybridized carbons (Fsp3) is 0.488. The van der Waals surface area contributed by atoms with Gasteiger partial charge < -0.3 is 50.2 Å². The molecular formula is C43H54N10O9. The number of carbonyl (C=O) groups is 6. The average Bonchev–Trinajstić information content (AvgIpc) is 3.92. The summed E-state index contributed by atoms with van der Waals surface area (Å²) in [4.78, 5) is 90.6. The highest BCUT2D eigenvalue weighted by molar-refractivity contribution is 6.07. The molecule has 330 valence electrons. The van der Waals surface area contributed by atoms with Crippen molar-refractivity contribution >= 4 is 64.3 Å². The zero-order valence-corrected chi connectivity index (χ0v) is 35.3. The Morgan fingerprint density at radius 3 is 2.47 bits per heavy atom. The van der Waals surface area contributed by atoms with Crippen LogP contribution in [0.1, 0.15) is 78.1 Å². The zero-order chi connectivity index (χ0) is 43.8. The normalized spacial score (nSPS) is 18.7. The highest BCUT2D eigenvalue weighted by Crippen LogP contribution is 2.40. The highest BCUT2D eigenvalue weighted by Gasteiger charge is 2.42. The lowest BCUT2D eigenvalue weighted by Crippen LogP contribution is -2.55. The van der Waals surface area contributed by atoms with Crippen LogP contribution >= 0.6 is 0 Å². The number of fused-ring (bicyclic) bond motifs is 2. The molecule has 2 atom stereocenters. The second kappa shape index (κ2) is 20.1. The quantitative estimate of drug-likeness (QED) is 0.0864. The van der Waals surface area contributed by atoms with Crippen LogP contribution < -0.4 is 41.1 Å². The van der Waals surface area contributed by atoms with Gasteiger partial charge in [-0.2, -0.15) is 4.98 Å².